The number of rotatable bonds is 7. The summed E-state index contributed by atoms with van der Waals surface area (Å²) in [5, 5.41) is 5.55. The summed E-state index contributed by atoms with van der Waals surface area (Å²) in [6.07, 6.45) is 1.23. The van der Waals surface area contributed by atoms with E-state index in [0.717, 1.165) is 16.8 Å². The number of aryl methyl sites for hydroxylation is 3. The van der Waals surface area contributed by atoms with Crippen molar-refractivity contribution in [2.75, 3.05) is 11.9 Å². The van der Waals surface area contributed by atoms with Gasteiger partial charge in [-0.15, -0.1) is 12.6 Å². The normalized spacial score (nSPS) is 11.8. The number of amides is 2. The molecule has 0 aliphatic rings. The zero-order valence-corrected chi connectivity index (χ0v) is 13.6. The van der Waals surface area contributed by atoms with E-state index in [-0.39, 0.29) is 11.2 Å². The molecule has 1 aromatic carbocycles. The number of carbonyl (C=O) groups excluding carboxylic acids is 2. The van der Waals surface area contributed by atoms with Crippen molar-refractivity contribution in [3.63, 3.8) is 0 Å². The molecule has 2 amide bonds. The number of carbonyl (C=O) groups is 2. The highest BCUT2D eigenvalue weighted by Crippen LogP contribution is 2.24. The molecule has 0 aliphatic carbocycles. The Bertz CT molecular complexity index is 509. The molecule has 1 aromatic rings. The van der Waals surface area contributed by atoms with Crippen LogP contribution in [0.25, 0.3) is 0 Å². The predicted octanol–water partition coefficient (Wildman–Crippen LogP) is 2.30. The number of urea groups is 1. The van der Waals surface area contributed by atoms with E-state index in [4.69, 9.17) is 5.73 Å². The lowest BCUT2D eigenvalue weighted by atomic mass is 10.0. The van der Waals surface area contributed by atoms with Gasteiger partial charge in [-0.05, 0) is 44.7 Å². The van der Waals surface area contributed by atoms with Gasteiger partial charge in [0, 0.05) is 12.2 Å². The highest BCUT2D eigenvalue weighted by Gasteiger charge is 2.16. The molecule has 0 aliphatic heterocycles. The SMILES string of the molecule is Cc1cc(C)c(NC(CCCNC(N)=O)C(=O)S)c(C)c1. The van der Waals surface area contributed by atoms with Gasteiger partial charge in [-0.2, -0.15) is 0 Å². The zero-order valence-electron chi connectivity index (χ0n) is 12.7. The third kappa shape index (κ3) is 5.67. The molecule has 21 heavy (non-hydrogen) atoms. The summed E-state index contributed by atoms with van der Waals surface area (Å²) in [7, 11) is 0. The number of benzene rings is 1. The highest BCUT2D eigenvalue weighted by atomic mass is 32.1. The average Bonchev–Trinajstić information content (AvgIpc) is 2.35. The van der Waals surface area contributed by atoms with Crippen molar-refractivity contribution in [2.24, 2.45) is 5.73 Å². The van der Waals surface area contributed by atoms with Crippen LogP contribution in [0.5, 0.6) is 0 Å². The Morgan fingerprint density at radius 1 is 1.24 bits per heavy atom. The topological polar surface area (TPSA) is 84.2 Å². The quantitative estimate of drug-likeness (QED) is 0.460. The molecule has 0 saturated heterocycles. The molecule has 0 aromatic heterocycles. The van der Waals surface area contributed by atoms with E-state index >= 15 is 0 Å². The van der Waals surface area contributed by atoms with Crippen molar-refractivity contribution in [3.05, 3.63) is 28.8 Å². The van der Waals surface area contributed by atoms with Crippen LogP contribution in [0, 0.1) is 20.8 Å². The number of nitrogens with two attached hydrogens (primary N) is 1. The Morgan fingerprint density at radius 2 is 1.81 bits per heavy atom. The van der Waals surface area contributed by atoms with Crippen molar-refractivity contribution >= 4 is 29.5 Å². The number of hydrogen-bond acceptors (Lipinski definition) is 3. The molecule has 0 bridgehead atoms. The molecule has 1 unspecified atom stereocenters. The van der Waals surface area contributed by atoms with E-state index < -0.39 is 6.03 Å². The minimum atomic E-state index is -0.554. The molecule has 116 valence electrons. The second-order valence-electron chi connectivity index (χ2n) is 5.24. The number of hydrogen-bond donors (Lipinski definition) is 4. The summed E-state index contributed by atoms with van der Waals surface area (Å²) in [6.45, 7) is 6.51. The summed E-state index contributed by atoms with van der Waals surface area (Å²) < 4.78 is 0. The van der Waals surface area contributed by atoms with Crippen molar-refractivity contribution in [2.45, 2.75) is 39.7 Å². The van der Waals surface area contributed by atoms with Crippen LogP contribution in [0.1, 0.15) is 29.5 Å². The van der Waals surface area contributed by atoms with E-state index in [2.05, 4.69) is 35.4 Å². The number of anilines is 1. The summed E-state index contributed by atoms with van der Waals surface area (Å²) in [6, 6.07) is 3.21. The number of primary amides is 1. The van der Waals surface area contributed by atoms with Gasteiger partial charge >= 0.3 is 6.03 Å². The molecule has 5 nitrogen and oxygen atoms in total. The Balaban J connectivity index is 2.71. The Kier molecular flexibility index (Phi) is 6.55. The maximum absolute atomic E-state index is 11.7. The first-order valence-electron chi connectivity index (χ1n) is 6.91. The van der Waals surface area contributed by atoms with E-state index in [1.54, 1.807) is 0 Å². The lowest BCUT2D eigenvalue weighted by Crippen LogP contribution is -2.32. The molecule has 4 N–H and O–H groups in total. The zero-order chi connectivity index (χ0) is 16.0. The molecule has 0 radical (unpaired) electrons. The van der Waals surface area contributed by atoms with Crippen LogP contribution in [0.15, 0.2) is 12.1 Å². The van der Waals surface area contributed by atoms with Crippen LogP contribution in [-0.4, -0.2) is 23.7 Å². The third-order valence-corrected chi connectivity index (χ3v) is 3.57. The Labute approximate surface area is 131 Å². The van der Waals surface area contributed by atoms with Crippen molar-refractivity contribution < 1.29 is 9.59 Å². The van der Waals surface area contributed by atoms with Crippen molar-refractivity contribution in [3.8, 4) is 0 Å². The molecular weight excluding hydrogens is 286 g/mol. The standard InChI is InChI=1S/C15H23N3O2S/c1-9-7-10(2)13(11(3)8-9)18-12(14(19)21)5-4-6-17-15(16)20/h7-8,12,18H,4-6H2,1-3H3,(H,19,21)(H3,16,17,20). The van der Waals surface area contributed by atoms with Crippen LogP contribution in [0.3, 0.4) is 0 Å². The number of thiol groups is 1. The van der Waals surface area contributed by atoms with Gasteiger partial charge < -0.3 is 16.4 Å². The van der Waals surface area contributed by atoms with Crippen molar-refractivity contribution in [1.82, 2.24) is 5.32 Å². The molecule has 0 heterocycles. The molecule has 6 heteroatoms. The monoisotopic (exact) mass is 309 g/mol. The minimum absolute atomic E-state index is 0.214. The van der Waals surface area contributed by atoms with Crippen LogP contribution in [0.4, 0.5) is 10.5 Å². The third-order valence-electron chi connectivity index (χ3n) is 3.26. The first-order valence-corrected chi connectivity index (χ1v) is 7.36. The fraction of sp³-hybridized carbons (Fsp3) is 0.467. The van der Waals surface area contributed by atoms with E-state index in [9.17, 15) is 9.59 Å². The molecule has 0 saturated carbocycles. The lowest BCUT2D eigenvalue weighted by molar-refractivity contribution is -0.111. The summed E-state index contributed by atoms with van der Waals surface area (Å²) in [4.78, 5) is 22.3. The second kappa shape index (κ2) is 7.93. The first kappa shape index (κ1) is 17.4. The summed E-state index contributed by atoms with van der Waals surface area (Å²) >= 11 is 3.94. The minimum Gasteiger partial charge on any atom is -0.374 e. The van der Waals surface area contributed by atoms with Crippen LogP contribution >= 0.6 is 12.6 Å². The van der Waals surface area contributed by atoms with Crippen LogP contribution in [-0.2, 0) is 4.79 Å². The smallest absolute Gasteiger partial charge is 0.312 e. The fourth-order valence-electron chi connectivity index (χ4n) is 2.36. The van der Waals surface area contributed by atoms with Gasteiger partial charge in [-0.25, -0.2) is 4.79 Å². The fourth-order valence-corrected chi connectivity index (χ4v) is 2.55. The van der Waals surface area contributed by atoms with Gasteiger partial charge in [-0.3, -0.25) is 4.79 Å². The Hall–Kier alpha value is -1.69. The van der Waals surface area contributed by atoms with Gasteiger partial charge in [0.25, 0.3) is 0 Å². The predicted molar refractivity (Wildman–Crippen MR) is 88.9 cm³/mol. The summed E-state index contributed by atoms with van der Waals surface area (Å²) in [5.74, 6) is 0. The second-order valence-corrected chi connectivity index (χ2v) is 5.68. The average molecular weight is 309 g/mol. The van der Waals surface area contributed by atoms with E-state index in [1.807, 2.05) is 20.8 Å². The van der Waals surface area contributed by atoms with Gasteiger partial charge in [-0.1, -0.05) is 17.7 Å². The first-order chi connectivity index (χ1) is 9.81. The lowest BCUT2D eigenvalue weighted by Gasteiger charge is -2.20. The van der Waals surface area contributed by atoms with Gasteiger partial charge in [0.15, 0.2) is 0 Å². The molecular formula is C15H23N3O2S. The Morgan fingerprint density at radius 3 is 2.29 bits per heavy atom. The largest absolute Gasteiger partial charge is 0.374 e. The molecule has 1 rings (SSSR count). The van der Waals surface area contributed by atoms with Gasteiger partial charge in [0.1, 0.15) is 0 Å². The number of nitrogens with one attached hydrogen (secondary N) is 2. The molecule has 0 spiro atoms. The summed E-state index contributed by atoms with van der Waals surface area (Å²) in [5.41, 5.74) is 9.36. The maximum atomic E-state index is 11.7. The molecule has 1 atom stereocenters. The van der Waals surface area contributed by atoms with Crippen LogP contribution in [0.2, 0.25) is 0 Å². The van der Waals surface area contributed by atoms with Gasteiger partial charge in [0.2, 0.25) is 5.12 Å². The molecule has 0 fully saturated rings. The van der Waals surface area contributed by atoms with Gasteiger partial charge in [0.05, 0.1) is 6.04 Å². The highest BCUT2D eigenvalue weighted by molar-refractivity contribution is 7.96. The maximum Gasteiger partial charge on any atom is 0.312 e. The van der Waals surface area contributed by atoms with Crippen LogP contribution < -0.4 is 16.4 Å². The van der Waals surface area contributed by atoms with E-state index in [0.29, 0.717) is 19.4 Å². The van der Waals surface area contributed by atoms with Crippen molar-refractivity contribution in [1.29, 1.82) is 0 Å². The van der Waals surface area contributed by atoms with E-state index in [1.165, 1.54) is 5.56 Å².